The van der Waals surface area contributed by atoms with Gasteiger partial charge in [0.2, 0.25) is 5.91 Å². The predicted octanol–water partition coefficient (Wildman–Crippen LogP) is 13.6. The topological polar surface area (TPSA) is 69.6 Å². The first-order valence-corrected chi connectivity index (χ1v) is 21.8. The number of carbonyl (C=O) groups is 1. The number of aliphatic hydroxyl groups is 2. The highest BCUT2D eigenvalue weighted by Gasteiger charge is 2.19. The van der Waals surface area contributed by atoms with Crippen LogP contribution in [0, 0.1) is 0 Å². The third kappa shape index (κ3) is 37.6. The summed E-state index contributed by atoms with van der Waals surface area (Å²) < 4.78 is 0. The average molecular weight is 700 g/mol. The van der Waals surface area contributed by atoms with Crippen molar-refractivity contribution in [3.63, 3.8) is 0 Å². The summed E-state index contributed by atoms with van der Waals surface area (Å²) >= 11 is 0. The lowest BCUT2D eigenvalue weighted by atomic mass is 10.0. The molecule has 0 aromatic carbocycles. The fourth-order valence-corrected chi connectivity index (χ4v) is 6.53. The molecule has 0 aliphatic heterocycles. The van der Waals surface area contributed by atoms with Gasteiger partial charge in [-0.25, -0.2) is 0 Å². The van der Waals surface area contributed by atoms with Crippen LogP contribution in [-0.4, -0.2) is 34.9 Å². The summed E-state index contributed by atoms with van der Waals surface area (Å²) in [7, 11) is 0. The molecular weight excluding hydrogens is 615 g/mol. The van der Waals surface area contributed by atoms with Gasteiger partial charge in [-0.2, -0.15) is 0 Å². The van der Waals surface area contributed by atoms with Gasteiger partial charge in [-0.1, -0.05) is 210 Å². The molecule has 4 nitrogen and oxygen atoms in total. The van der Waals surface area contributed by atoms with Gasteiger partial charge < -0.3 is 15.5 Å². The van der Waals surface area contributed by atoms with Gasteiger partial charge >= 0.3 is 0 Å². The number of nitrogens with one attached hydrogen (secondary N) is 1. The summed E-state index contributed by atoms with van der Waals surface area (Å²) in [6.45, 7) is 4.22. The Hall–Kier alpha value is -1.65. The maximum absolute atomic E-state index is 12.4. The lowest BCUT2D eigenvalue weighted by Gasteiger charge is -2.22. The lowest BCUT2D eigenvalue weighted by Crippen LogP contribution is -2.45. The van der Waals surface area contributed by atoms with Gasteiger partial charge in [-0.3, -0.25) is 4.79 Å². The first-order chi connectivity index (χ1) is 24.7. The molecule has 1 amide bonds. The third-order valence-electron chi connectivity index (χ3n) is 9.85. The molecule has 0 rings (SSSR count). The molecular formula is C46H85NO3. The van der Waals surface area contributed by atoms with Gasteiger partial charge in [-0.15, -0.1) is 0 Å². The number of carbonyl (C=O) groups excluding carboxylic acids is 1. The van der Waals surface area contributed by atoms with E-state index in [4.69, 9.17) is 0 Å². The molecule has 292 valence electrons. The maximum Gasteiger partial charge on any atom is 0.220 e. The Morgan fingerprint density at radius 3 is 1.32 bits per heavy atom. The number of hydrogen-bond acceptors (Lipinski definition) is 3. The normalized spacial score (nSPS) is 13.4. The molecule has 0 saturated carbocycles. The second kappa shape index (κ2) is 41.8. The molecule has 50 heavy (non-hydrogen) atoms. The van der Waals surface area contributed by atoms with Crippen LogP contribution >= 0.6 is 0 Å². The van der Waals surface area contributed by atoms with Crippen LogP contribution < -0.4 is 5.32 Å². The summed E-state index contributed by atoms with van der Waals surface area (Å²) in [4.78, 5) is 12.4. The molecule has 0 aromatic heterocycles. The Morgan fingerprint density at radius 2 is 0.880 bits per heavy atom. The SMILES string of the molecule is CC/C=C\C/C=C\C/C=C\C/C=C\CCCCCCCCCCCCCCCCCCC(=O)NC(CO)C(O)CCCCCCCCCCC. The maximum atomic E-state index is 12.4. The van der Waals surface area contributed by atoms with Crippen LogP contribution in [0.25, 0.3) is 0 Å². The van der Waals surface area contributed by atoms with Crippen molar-refractivity contribution in [1.29, 1.82) is 0 Å². The first-order valence-electron chi connectivity index (χ1n) is 21.8. The standard InChI is InChI=1S/C46H85NO3/c1-3-5-7-9-11-13-14-15-16-17-18-19-20-21-22-23-24-25-26-27-28-29-30-31-32-34-36-38-40-42-46(50)47-44(43-48)45(49)41-39-37-35-33-12-10-8-6-4-2/h5,7,11,13,15-16,18-19,44-45,48-49H,3-4,6,8-10,12,14,17,20-43H2,1-2H3,(H,47,50)/b7-5-,13-11-,16-15-,19-18-. The van der Waals surface area contributed by atoms with E-state index in [0.717, 1.165) is 51.4 Å². The fraction of sp³-hybridized carbons (Fsp3) is 0.804. The van der Waals surface area contributed by atoms with Gasteiger partial charge in [0, 0.05) is 6.42 Å². The van der Waals surface area contributed by atoms with Crippen molar-refractivity contribution in [2.24, 2.45) is 0 Å². The molecule has 0 heterocycles. The summed E-state index contributed by atoms with van der Waals surface area (Å²) in [5.74, 6) is -0.0344. The molecule has 0 saturated heterocycles. The van der Waals surface area contributed by atoms with E-state index < -0.39 is 12.1 Å². The van der Waals surface area contributed by atoms with Crippen molar-refractivity contribution < 1.29 is 15.0 Å². The minimum Gasteiger partial charge on any atom is -0.394 e. The van der Waals surface area contributed by atoms with Crippen LogP contribution in [0.5, 0.6) is 0 Å². The molecule has 4 heteroatoms. The van der Waals surface area contributed by atoms with Crippen molar-refractivity contribution in [3.8, 4) is 0 Å². The van der Waals surface area contributed by atoms with Gasteiger partial charge in [0.15, 0.2) is 0 Å². The van der Waals surface area contributed by atoms with Gasteiger partial charge in [0.1, 0.15) is 0 Å². The Kier molecular flexibility index (Phi) is 40.4. The largest absolute Gasteiger partial charge is 0.394 e. The van der Waals surface area contributed by atoms with Crippen LogP contribution in [0.3, 0.4) is 0 Å². The summed E-state index contributed by atoms with van der Waals surface area (Å²) in [5.41, 5.74) is 0. The van der Waals surface area contributed by atoms with E-state index in [0.29, 0.717) is 12.8 Å². The van der Waals surface area contributed by atoms with Crippen LogP contribution in [0.1, 0.15) is 219 Å². The van der Waals surface area contributed by atoms with E-state index in [1.165, 1.54) is 141 Å². The Morgan fingerprint density at radius 1 is 0.500 bits per heavy atom. The van der Waals surface area contributed by atoms with Gasteiger partial charge in [0.25, 0.3) is 0 Å². The zero-order valence-corrected chi connectivity index (χ0v) is 33.4. The van der Waals surface area contributed by atoms with Gasteiger partial charge in [0.05, 0.1) is 18.8 Å². The second-order valence-electron chi connectivity index (χ2n) is 14.7. The quantitative estimate of drug-likeness (QED) is 0.0442. The zero-order valence-electron chi connectivity index (χ0n) is 33.4. The lowest BCUT2D eigenvalue weighted by molar-refractivity contribution is -0.123. The molecule has 0 aromatic rings. The second-order valence-corrected chi connectivity index (χ2v) is 14.7. The van der Waals surface area contributed by atoms with E-state index in [1.54, 1.807) is 0 Å². The minimum atomic E-state index is -0.656. The molecule has 0 aliphatic rings. The van der Waals surface area contributed by atoms with Crippen LogP contribution in [-0.2, 0) is 4.79 Å². The average Bonchev–Trinajstić information content (AvgIpc) is 3.12. The monoisotopic (exact) mass is 700 g/mol. The van der Waals surface area contributed by atoms with Crippen molar-refractivity contribution in [1.82, 2.24) is 5.32 Å². The Bertz CT molecular complexity index is 801. The molecule has 2 atom stereocenters. The summed E-state index contributed by atoms with van der Waals surface area (Å²) in [6, 6.07) is -0.533. The highest BCUT2D eigenvalue weighted by atomic mass is 16.3. The number of allylic oxidation sites excluding steroid dienone is 8. The number of aliphatic hydroxyl groups excluding tert-OH is 2. The van der Waals surface area contributed by atoms with Crippen molar-refractivity contribution in [3.05, 3.63) is 48.6 Å². The number of unbranched alkanes of at least 4 members (excludes halogenated alkanes) is 24. The van der Waals surface area contributed by atoms with Crippen molar-refractivity contribution in [2.45, 2.75) is 231 Å². The van der Waals surface area contributed by atoms with Crippen LogP contribution in [0.15, 0.2) is 48.6 Å². The van der Waals surface area contributed by atoms with E-state index in [9.17, 15) is 15.0 Å². The molecule has 0 radical (unpaired) electrons. The van der Waals surface area contributed by atoms with Crippen molar-refractivity contribution >= 4 is 5.91 Å². The molecule has 0 spiro atoms. The molecule has 0 bridgehead atoms. The summed E-state index contributed by atoms with van der Waals surface area (Å²) in [5, 5.41) is 23.0. The summed E-state index contributed by atoms with van der Waals surface area (Å²) in [6.07, 6.45) is 56.3. The highest BCUT2D eigenvalue weighted by molar-refractivity contribution is 5.76. The minimum absolute atomic E-state index is 0.0344. The third-order valence-corrected chi connectivity index (χ3v) is 9.85. The molecule has 3 N–H and O–H groups in total. The Balaban J connectivity index is 3.44. The molecule has 0 aliphatic carbocycles. The molecule has 2 unspecified atom stereocenters. The number of hydrogen-bond donors (Lipinski definition) is 3. The first kappa shape index (κ1) is 48.3. The van der Waals surface area contributed by atoms with E-state index in [1.807, 2.05) is 0 Å². The highest BCUT2D eigenvalue weighted by Crippen LogP contribution is 2.16. The van der Waals surface area contributed by atoms with Crippen LogP contribution in [0.2, 0.25) is 0 Å². The van der Waals surface area contributed by atoms with Gasteiger partial charge in [-0.05, 0) is 51.4 Å². The van der Waals surface area contributed by atoms with Crippen molar-refractivity contribution in [2.75, 3.05) is 6.61 Å². The number of rotatable bonds is 39. The fourth-order valence-electron chi connectivity index (χ4n) is 6.53. The van der Waals surface area contributed by atoms with E-state index >= 15 is 0 Å². The van der Waals surface area contributed by atoms with E-state index in [-0.39, 0.29) is 12.5 Å². The molecule has 0 fully saturated rings. The van der Waals surface area contributed by atoms with Crippen LogP contribution in [0.4, 0.5) is 0 Å². The number of amides is 1. The smallest absolute Gasteiger partial charge is 0.220 e. The Labute approximate surface area is 312 Å². The zero-order chi connectivity index (χ0) is 36.4. The van der Waals surface area contributed by atoms with E-state index in [2.05, 4.69) is 67.8 Å². The predicted molar refractivity (Wildman–Crippen MR) is 221 cm³/mol.